The van der Waals surface area contributed by atoms with Crippen LogP contribution in [-0.4, -0.2) is 46.4 Å². The van der Waals surface area contributed by atoms with Gasteiger partial charge in [-0.25, -0.2) is 9.78 Å². The third-order valence-electron chi connectivity index (χ3n) is 5.04. The molecular formula is C20H27N5O3. The zero-order chi connectivity index (χ0) is 19.9. The summed E-state index contributed by atoms with van der Waals surface area (Å²) >= 11 is 0. The lowest BCUT2D eigenvalue weighted by Gasteiger charge is -2.23. The van der Waals surface area contributed by atoms with Crippen LogP contribution in [0, 0.1) is 0 Å². The molecule has 0 unspecified atom stereocenters. The fraction of sp³-hybridized carbons (Fsp3) is 0.500. The van der Waals surface area contributed by atoms with Crippen LogP contribution < -0.4 is 16.2 Å². The van der Waals surface area contributed by atoms with Gasteiger partial charge >= 0.3 is 6.03 Å². The third kappa shape index (κ3) is 5.31. The van der Waals surface area contributed by atoms with Gasteiger partial charge in [-0.2, -0.15) is 0 Å². The number of fused-ring (bicyclic) bond motifs is 1. The first-order valence-corrected chi connectivity index (χ1v) is 9.79. The van der Waals surface area contributed by atoms with Crippen molar-refractivity contribution in [1.82, 2.24) is 25.5 Å². The molecule has 1 aliphatic carbocycles. The zero-order valence-corrected chi connectivity index (χ0v) is 16.2. The highest BCUT2D eigenvalue weighted by molar-refractivity contribution is 5.79. The Hall–Kier alpha value is -2.90. The van der Waals surface area contributed by atoms with Crippen LogP contribution in [0.15, 0.2) is 29.1 Å². The summed E-state index contributed by atoms with van der Waals surface area (Å²) in [7, 11) is 1.65. The molecule has 2 aromatic rings. The SMILES string of the molecule is CN(Cc1nc2ccccc2c(=O)[nH]1)C(=O)CCNC(=O)NC1CCCCC1. The maximum absolute atomic E-state index is 12.3. The molecular weight excluding hydrogens is 358 g/mol. The fourth-order valence-corrected chi connectivity index (χ4v) is 3.48. The van der Waals surface area contributed by atoms with Gasteiger partial charge in [-0.1, -0.05) is 31.4 Å². The number of urea groups is 1. The highest BCUT2D eigenvalue weighted by atomic mass is 16.2. The Morgan fingerprint density at radius 3 is 2.75 bits per heavy atom. The van der Waals surface area contributed by atoms with Crippen molar-refractivity contribution < 1.29 is 9.59 Å². The molecule has 0 aliphatic heterocycles. The number of hydrogen-bond donors (Lipinski definition) is 3. The average molecular weight is 385 g/mol. The van der Waals surface area contributed by atoms with Crippen molar-refractivity contribution in [1.29, 1.82) is 0 Å². The summed E-state index contributed by atoms with van der Waals surface area (Å²) < 4.78 is 0. The van der Waals surface area contributed by atoms with Crippen LogP contribution >= 0.6 is 0 Å². The highest BCUT2D eigenvalue weighted by Gasteiger charge is 2.16. The topological polar surface area (TPSA) is 107 Å². The zero-order valence-electron chi connectivity index (χ0n) is 16.2. The van der Waals surface area contributed by atoms with Gasteiger partial charge in [0.05, 0.1) is 17.4 Å². The first-order valence-electron chi connectivity index (χ1n) is 9.79. The van der Waals surface area contributed by atoms with E-state index in [2.05, 4.69) is 20.6 Å². The lowest BCUT2D eigenvalue weighted by Crippen LogP contribution is -2.44. The minimum atomic E-state index is -0.220. The van der Waals surface area contributed by atoms with Gasteiger partial charge in [0.15, 0.2) is 0 Å². The molecule has 3 rings (SSSR count). The molecule has 0 saturated heterocycles. The molecule has 8 heteroatoms. The number of para-hydroxylation sites is 1. The predicted molar refractivity (Wildman–Crippen MR) is 107 cm³/mol. The number of amides is 3. The summed E-state index contributed by atoms with van der Waals surface area (Å²) in [6, 6.07) is 7.10. The number of aromatic nitrogens is 2. The van der Waals surface area contributed by atoms with Crippen molar-refractivity contribution in [2.75, 3.05) is 13.6 Å². The van der Waals surface area contributed by atoms with Gasteiger partial charge in [-0.3, -0.25) is 9.59 Å². The number of nitrogens with zero attached hydrogens (tertiary/aromatic N) is 2. The first kappa shape index (κ1) is 19.9. The Balaban J connectivity index is 1.45. The second kappa shape index (κ2) is 9.34. The monoisotopic (exact) mass is 385 g/mol. The summed E-state index contributed by atoms with van der Waals surface area (Å²) in [5.41, 5.74) is 0.380. The first-order chi connectivity index (χ1) is 13.5. The predicted octanol–water partition coefficient (Wildman–Crippen LogP) is 1.90. The molecule has 28 heavy (non-hydrogen) atoms. The van der Waals surface area contributed by atoms with E-state index in [4.69, 9.17) is 0 Å². The number of carbonyl (C=O) groups excluding carboxylic acids is 2. The van der Waals surface area contributed by atoms with Gasteiger partial charge in [-0.15, -0.1) is 0 Å². The maximum atomic E-state index is 12.3. The van der Waals surface area contributed by atoms with Crippen molar-refractivity contribution in [2.24, 2.45) is 0 Å². The van der Waals surface area contributed by atoms with Gasteiger partial charge in [-0.05, 0) is 25.0 Å². The Bertz CT molecular complexity index is 889. The minimum absolute atomic E-state index is 0.131. The molecule has 1 heterocycles. The Morgan fingerprint density at radius 2 is 1.96 bits per heavy atom. The standard InChI is InChI=1S/C20H27N5O3/c1-25(13-17-23-16-10-6-5-9-15(16)19(27)24-17)18(26)11-12-21-20(28)22-14-7-3-2-4-8-14/h5-6,9-10,14H,2-4,7-8,11-13H2,1H3,(H2,21,22,28)(H,23,24,27). The van der Waals surface area contributed by atoms with Crippen molar-refractivity contribution in [3.63, 3.8) is 0 Å². The van der Waals surface area contributed by atoms with Crippen molar-refractivity contribution in [3.8, 4) is 0 Å². The molecule has 150 valence electrons. The van der Waals surface area contributed by atoms with Crippen LogP contribution in [0.4, 0.5) is 4.79 Å². The van der Waals surface area contributed by atoms with Crippen LogP contribution in [0.5, 0.6) is 0 Å². The summed E-state index contributed by atoms with van der Waals surface area (Å²) in [5, 5.41) is 6.22. The second-order valence-electron chi connectivity index (χ2n) is 7.26. The molecule has 1 fully saturated rings. The quantitative estimate of drug-likeness (QED) is 0.706. The van der Waals surface area contributed by atoms with Crippen LogP contribution in [0.1, 0.15) is 44.3 Å². The van der Waals surface area contributed by atoms with E-state index in [1.807, 2.05) is 6.07 Å². The molecule has 1 aromatic carbocycles. The van der Waals surface area contributed by atoms with E-state index in [1.54, 1.807) is 25.2 Å². The highest BCUT2D eigenvalue weighted by Crippen LogP contribution is 2.17. The molecule has 1 saturated carbocycles. The second-order valence-corrected chi connectivity index (χ2v) is 7.26. The maximum Gasteiger partial charge on any atom is 0.315 e. The van der Waals surface area contributed by atoms with Gasteiger partial charge in [0, 0.05) is 26.1 Å². The number of hydrogen-bond acceptors (Lipinski definition) is 4. The molecule has 1 aliphatic rings. The number of aromatic amines is 1. The molecule has 0 bridgehead atoms. The molecule has 3 N–H and O–H groups in total. The Labute approximate surface area is 163 Å². The molecule has 0 spiro atoms. The Kier molecular flexibility index (Phi) is 6.62. The number of nitrogens with one attached hydrogen (secondary N) is 3. The summed E-state index contributed by atoms with van der Waals surface area (Å²) in [6.07, 6.45) is 5.76. The number of H-pyrrole nitrogens is 1. The smallest absolute Gasteiger partial charge is 0.315 e. The summed E-state index contributed by atoms with van der Waals surface area (Å²) in [4.78, 5) is 44.9. The van der Waals surface area contributed by atoms with Crippen molar-refractivity contribution in [3.05, 3.63) is 40.4 Å². The van der Waals surface area contributed by atoms with E-state index in [0.29, 0.717) is 16.7 Å². The molecule has 0 atom stereocenters. The van der Waals surface area contributed by atoms with E-state index in [0.717, 1.165) is 25.7 Å². The van der Waals surface area contributed by atoms with Crippen LogP contribution in [-0.2, 0) is 11.3 Å². The van der Waals surface area contributed by atoms with E-state index < -0.39 is 0 Å². The van der Waals surface area contributed by atoms with Crippen LogP contribution in [0.3, 0.4) is 0 Å². The molecule has 0 radical (unpaired) electrons. The van der Waals surface area contributed by atoms with Crippen LogP contribution in [0.25, 0.3) is 10.9 Å². The fourth-order valence-electron chi connectivity index (χ4n) is 3.48. The van der Waals surface area contributed by atoms with E-state index in [1.165, 1.54) is 11.3 Å². The third-order valence-corrected chi connectivity index (χ3v) is 5.04. The Morgan fingerprint density at radius 1 is 1.21 bits per heavy atom. The van der Waals surface area contributed by atoms with Crippen LogP contribution in [0.2, 0.25) is 0 Å². The van der Waals surface area contributed by atoms with E-state index in [9.17, 15) is 14.4 Å². The van der Waals surface area contributed by atoms with Gasteiger partial charge < -0.3 is 20.5 Å². The average Bonchev–Trinajstić information content (AvgIpc) is 2.68. The van der Waals surface area contributed by atoms with E-state index >= 15 is 0 Å². The molecule has 3 amide bonds. The summed E-state index contributed by atoms with van der Waals surface area (Å²) in [6.45, 7) is 0.469. The lowest BCUT2D eigenvalue weighted by molar-refractivity contribution is -0.130. The van der Waals surface area contributed by atoms with Gasteiger partial charge in [0.25, 0.3) is 5.56 Å². The minimum Gasteiger partial charge on any atom is -0.338 e. The van der Waals surface area contributed by atoms with Crippen molar-refractivity contribution >= 4 is 22.8 Å². The normalized spacial score (nSPS) is 14.6. The largest absolute Gasteiger partial charge is 0.338 e. The number of rotatable bonds is 6. The number of benzene rings is 1. The molecule has 1 aromatic heterocycles. The lowest BCUT2D eigenvalue weighted by atomic mass is 9.96. The molecule has 8 nitrogen and oxygen atoms in total. The van der Waals surface area contributed by atoms with Crippen molar-refractivity contribution in [2.45, 2.75) is 51.1 Å². The van der Waals surface area contributed by atoms with Gasteiger partial charge in [0.1, 0.15) is 5.82 Å². The summed E-state index contributed by atoms with van der Waals surface area (Å²) in [5.74, 6) is 0.302. The number of carbonyl (C=O) groups is 2. The van der Waals surface area contributed by atoms with E-state index in [-0.39, 0.29) is 43.0 Å². The van der Waals surface area contributed by atoms with Gasteiger partial charge in [0.2, 0.25) is 5.91 Å².